The minimum atomic E-state index is 0.0527. The molecule has 2 rings (SSSR count). The molecule has 1 N–H and O–H groups in total. The summed E-state index contributed by atoms with van der Waals surface area (Å²) >= 11 is 3.02. The van der Waals surface area contributed by atoms with E-state index in [9.17, 15) is 4.79 Å². The summed E-state index contributed by atoms with van der Waals surface area (Å²) in [6.07, 6.45) is 6.72. The number of carbonyl (C=O) groups excluding carboxylic acids is 1. The lowest BCUT2D eigenvalue weighted by atomic mass is 9.99. The summed E-state index contributed by atoms with van der Waals surface area (Å²) in [5.41, 5.74) is 1.40. The molecule has 14 heavy (non-hydrogen) atoms. The third-order valence-electron chi connectivity index (χ3n) is 2.42. The van der Waals surface area contributed by atoms with E-state index in [0.29, 0.717) is 0 Å². The maximum absolute atomic E-state index is 11.5. The van der Waals surface area contributed by atoms with Crippen LogP contribution in [0.4, 0.5) is 0 Å². The van der Waals surface area contributed by atoms with Crippen LogP contribution in [0.15, 0.2) is 6.07 Å². The van der Waals surface area contributed by atoms with Gasteiger partial charge in [0.1, 0.15) is 0 Å². The Hall–Kier alpha value is -0.480. The average molecular weight is 227 g/mol. The SMILES string of the molecule is CSNC(=O)c1cc2c(s1)CCCC2. The van der Waals surface area contributed by atoms with Crippen molar-refractivity contribution in [1.82, 2.24) is 4.72 Å². The number of amides is 1. The van der Waals surface area contributed by atoms with Crippen LogP contribution >= 0.6 is 23.3 Å². The van der Waals surface area contributed by atoms with E-state index >= 15 is 0 Å². The van der Waals surface area contributed by atoms with Gasteiger partial charge in [-0.3, -0.25) is 9.52 Å². The van der Waals surface area contributed by atoms with Gasteiger partial charge in [0.25, 0.3) is 5.91 Å². The predicted molar refractivity (Wildman–Crippen MR) is 61.9 cm³/mol. The topological polar surface area (TPSA) is 29.1 Å². The molecule has 0 aliphatic heterocycles. The molecule has 0 bridgehead atoms. The third-order valence-corrected chi connectivity index (χ3v) is 4.04. The van der Waals surface area contributed by atoms with E-state index in [1.54, 1.807) is 11.3 Å². The average Bonchev–Trinajstić information content (AvgIpc) is 2.61. The van der Waals surface area contributed by atoms with Crippen LogP contribution in [0.25, 0.3) is 0 Å². The summed E-state index contributed by atoms with van der Waals surface area (Å²) in [7, 11) is 0. The first-order chi connectivity index (χ1) is 6.81. The van der Waals surface area contributed by atoms with Gasteiger partial charge in [-0.15, -0.1) is 11.3 Å². The van der Waals surface area contributed by atoms with Gasteiger partial charge in [-0.25, -0.2) is 0 Å². The molecule has 0 atom stereocenters. The standard InChI is InChI=1S/C10H13NOS2/c1-13-11-10(12)9-6-7-4-2-3-5-8(7)14-9/h6H,2-5H2,1H3,(H,11,12). The summed E-state index contributed by atoms with van der Waals surface area (Å²) < 4.78 is 2.76. The van der Waals surface area contributed by atoms with Crippen molar-refractivity contribution < 1.29 is 4.79 Å². The first-order valence-electron chi connectivity index (χ1n) is 4.76. The predicted octanol–water partition coefficient (Wildman–Crippen LogP) is 2.63. The molecule has 1 heterocycles. The van der Waals surface area contributed by atoms with E-state index in [0.717, 1.165) is 17.7 Å². The van der Waals surface area contributed by atoms with Crippen molar-refractivity contribution in [3.8, 4) is 0 Å². The van der Waals surface area contributed by atoms with Crippen LogP contribution in [0, 0.1) is 0 Å². The van der Waals surface area contributed by atoms with Crippen molar-refractivity contribution in [3.05, 3.63) is 21.4 Å². The normalized spacial score (nSPS) is 14.9. The molecule has 4 heteroatoms. The Balaban J connectivity index is 2.19. The number of rotatable bonds is 2. The first kappa shape index (κ1) is 10.1. The van der Waals surface area contributed by atoms with Gasteiger partial charge in [0.15, 0.2) is 0 Å². The maximum Gasteiger partial charge on any atom is 0.271 e. The van der Waals surface area contributed by atoms with Crippen LogP contribution in [-0.2, 0) is 12.8 Å². The molecule has 0 aromatic carbocycles. The highest BCUT2D eigenvalue weighted by atomic mass is 32.2. The number of hydrogen-bond acceptors (Lipinski definition) is 3. The minimum Gasteiger partial charge on any atom is -0.296 e. The van der Waals surface area contributed by atoms with Crippen LogP contribution < -0.4 is 4.72 Å². The molecular weight excluding hydrogens is 214 g/mol. The summed E-state index contributed by atoms with van der Waals surface area (Å²) in [6, 6.07) is 2.06. The largest absolute Gasteiger partial charge is 0.296 e. The van der Waals surface area contributed by atoms with Crippen molar-refractivity contribution in [3.63, 3.8) is 0 Å². The van der Waals surface area contributed by atoms with E-state index in [-0.39, 0.29) is 5.91 Å². The molecule has 2 nitrogen and oxygen atoms in total. The molecule has 0 spiro atoms. The Kier molecular flexibility index (Phi) is 3.13. The van der Waals surface area contributed by atoms with Gasteiger partial charge in [0.2, 0.25) is 0 Å². The van der Waals surface area contributed by atoms with Gasteiger partial charge >= 0.3 is 0 Å². The van der Waals surface area contributed by atoms with Crippen LogP contribution in [0.5, 0.6) is 0 Å². The maximum atomic E-state index is 11.5. The lowest BCUT2D eigenvalue weighted by molar-refractivity contribution is 0.0988. The third kappa shape index (κ3) is 1.96. The second-order valence-electron chi connectivity index (χ2n) is 3.40. The van der Waals surface area contributed by atoms with E-state index in [2.05, 4.69) is 10.8 Å². The van der Waals surface area contributed by atoms with Crippen molar-refractivity contribution in [1.29, 1.82) is 0 Å². The monoisotopic (exact) mass is 227 g/mol. The zero-order chi connectivity index (χ0) is 9.97. The van der Waals surface area contributed by atoms with Gasteiger partial charge in [-0.2, -0.15) is 0 Å². The highest BCUT2D eigenvalue weighted by Crippen LogP contribution is 2.29. The molecule has 0 fully saturated rings. The molecule has 1 aliphatic rings. The molecule has 0 radical (unpaired) electrons. The molecule has 1 aromatic rings. The van der Waals surface area contributed by atoms with E-state index in [1.165, 1.54) is 35.2 Å². The van der Waals surface area contributed by atoms with Gasteiger partial charge in [-0.1, -0.05) is 11.9 Å². The van der Waals surface area contributed by atoms with Gasteiger partial charge in [0, 0.05) is 11.1 Å². The molecule has 0 saturated heterocycles. The van der Waals surface area contributed by atoms with Crippen molar-refractivity contribution in [2.75, 3.05) is 6.26 Å². The Bertz CT molecular complexity index is 322. The molecule has 1 amide bonds. The second kappa shape index (κ2) is 4.36. The summed E-state index contributed by atoms with van der Waals surface area (Å²) in [6.45, 7) is 0. The van der Waals surface area contributed by atoms with E-state index < -0.39 is 0 Å². The fourth-order valence-corrected chi connectivity index (χ4v) is 3.25. The number of nitrogens with one attached hydrogen (secondary N) is 1. The molecule has 1 aliphatic carbocycles. The zero-order valence-electron chi connectivity index (χ0n) is 8.13. The lowest BCUT2D eigenvalue weighted by Gasteiger charge is -2.08. The fraction of sp³-hybridized carbons (Fsp3) is 0.500. The summed E-state index contributed by atoms with van der Waals surface area (Å²) in [5.74, 6) is 0.0527. The Labute approximate surface area is 92.2 Å². The second-order valence-corrected chi connectivity index (χ2v) is 5.15. The number of carbonyl (C=O) groups is 1. The number of hydrogen-bond donors (Lipinski definition) is 1. The molecule has 0 unspecified atom stereocenters. The first-order valence-corrected chi connectivity index (χ1v) is 6.80. The Morgan fingerprint density at radius 1 is 1.50 bits per heavy atom. The quantitative estimate of drug-likeness (QED) is 0.787. The molecular formula is C10H13NOS2. The van der Waals surface area contributed by atoms with Crippen molar-refractivity contribution in [2.24, 2.45) is 0 Å². The molecule has 76 valence electrons. The van der Waals surface area contributed by atoms with E-state index in [1.807, 2.05) is 6.26 Å². The number of aryl methyl sites for hydroxylation is 2. The molecule has 1 aromatic heterocycles. The Morgan fingerprint density at radius 3 is 3.00 bits per heavy atom. The highest BCUT2D eigenvalue weighted by Gasteiger charge is 2.16. The summed E-state index contributed by atoms with van der Waals surface area (Å²) in [5, 5.41) is 0. The van der Waals surface area contributed by atoms with Gasteiger partial charge in [0.05, 0.1) is 4.88 Å². The van der Waals surface area contributed by atoms with E-state index in [4.69, 9.17) is 0 Å². The number of thiophene rings is 1. The van der Waals surface area contributed by atoms with Crippen molar-refractivity contribution in [2.45, 2.75) is 25.7 Å². The summed E-state index contributed by atoms with van der Waals surface area (Å²) in [4.78, 5) is 13.8. The van der Waals surface area contributed by atoms with Crippen LogP contribution in [0.2, 0.25) is 0 Å². The zero-order valence-corrected chi connectivity index (χ0v) is 9.76. The van der Waals surface area contributed by atoms with Crippen LogP contribution in [0.1, 0.15) is 33.0 Å². The highest BCUT2D eigenvalue weighted by molar-refractivity contribution is 7.97. The van der Waals surface area contributed by atoms with Crippen LogP contribution in [-0.4, -0.2) is 12.2 Å². The fourth-order valence-electron chi connectivity index (χ4n) is 1.75. The van der Waals surface area contributed by atoms with Gasteiger partial charge < -0.3 is 0 Å². The number of fused-ring (bicyclic) bond motifs is 1. The smallest absolute Gasteiger partial charge is 0.271 e. The Morgan fingerprint density at radius 2 is 2.29 bits per heavy atom. The molecule has 0 saturated carbocycles. The van der Waals surface area contributed by atoms with Crippen molar-refractivity contribution >= 4 is 29.2 Å². The minimum absolute atomic E-state index is 0.0527. The van der Waals surface area contributed by atoms with Gasteiger partial charge in [-0.05, 0) is 37.3 Å². The van der Waals surface area contributed by atoms with Crippen LogP contribution in [0.3, 0.4) is 0 Å². The lowest BCUT2D eigenvalue weighted by Crippen LogP contribution is -2.13.